The summed E-state index contributed by atoms with van der Waals surface area (Å²) < 4.78 is 5.00. The van der Waals surface area contributed by atoms with Crippen LogP contribution in [0, 0.1) is 6.92 Å². The first-order valence-electron chi connectivity index (χ1n) is 10.1. The van der Waals surface area contributed by atoms with Crippen LogP contribution in [0.4, 0.5) is 5.69 Å². The van der Waals surface area contributed by atoms with E-state index in [1.165, 1.54) is 0 Å². The van der Waals surface area contributed by atoms with Gasteiger partial charge in [-0.1, -0.05) is 42.0 Å². The van der Waals surface area contributed by atoms with E-state index in [1.54, 1.807) is 31.2 Å². The molecule has 4 rings (SSSR count). The molecule has 0 aliphatic rings. The zero-order valence-corrected chi connectivity index (χ0v) is 17.4. The minimum Gasteiger partial charge on any atom is -0.462 e. The van der Waals surface area contributed by atoms with E-state index < -0.39 is 0 Å². The zero-order valence-electron chi connectivity index (χ0n) is 17.4. The molecule has 0 saturated heterocycles. The number of amides is 1. The normalized spacial score (nSPS) is 10.6. The molecule has 1 N–H and O–H groups in total. The van der Waals surface area contributed by atoms with Gasteiger partial charge < -0.3 is 10.1 Å². The number of anilines is 1. The fraction of sp³-hybridized carbons (Fsp3) is 0.115. The third-order valence-corrected chi connectivity index (χ3v) is 4.93. The number of nitrogens with one attached hydrogen (secondary N) is 1. The quantitative estimate of drug-likeness (QED) is 0.432. The Morgan fingerprint density at radius 3 is 2.39 bits per heavy atom. The van der Waals surface area contributed by atoms with Crippen molar-refractivity contribution in [1.29, 1.82) is 0 Å². The van der Waals surface area contributed by atoms with Crippen LogP contribution in [-0.4, -0.2) is 23.5 Å². The molecule has 0 spiro atoms. The van der Waals surface area contributed by atoms with Crippen LogP contribution in [0.5, 0.6) is 0 Å². The summed E-state index contributed by atoms with van der Waals surface area (Å²) in [6, 6.07) is 24.1. The number of benzene rings is 3. The summed E-state index contributed by atoms with van der Waals surface area (Å²) in [4.78, 5) is 29.8. The SMILES string of the molecule is CCOC(=O)c1ccc(NC(=O)c2cc(-c3ccccc3)nc3ccc(C)cc23)cc1. The van der Waals surface area contributed by atoms with Crippen molar-refractivity contribution < 1.29 is 14.3 Å². The van der Waals surface area contributed by atoms with Crippen molar-refractivity contribution in [3.63, 3.8) is 0 Å². The highest BCUT2D eigenvalue weighted by atomic mass is 16.5. The maximum Gasteiger partial charge on any atom is 0.338 e. The molecule has 0 fully saturated rings. The third-order valence-electron chi connectivity index (χ3n) is 4.93. The summed E-state index contributed by atoms with van der Waals surface area (Å²) >= 11 is 0. The third kappa shape index (κ3) is 4.46. The molecule has 1 heterocycles. The Morgan fingerprint density at radius 2 is 1.68 bits per heavy atom. The lowest BCUT2D eigenvalue weighted by molar-refractivity contribution is 0.0526. The maximum absolute atomic E-state index is 13.2. The van der Waals surface area contributed by atoms with Crippen molar-refractivity contribution in [2.24, 2.45) is 0 Å². The molecular weight excluding hydrogens is 388 g/mol. The lowest BCUT2D eigenvalue weighted by Crippen LogP contribution is -2.13. The first kappa shape index (κ1) is 20.3. The second-order valence-corrected chi connectivity index (χ2v) is 7.19. The summed E-state index contributed by atoms with van der Waals surface area (Å²) in [6.07, 6.45) is 0. The molecule has 3 aromatic carbocycles. The Balaban J connectivity index is 1.70. The lowest BCUT2D eigenvalue weighted by Gasteiger charge is -2.12. The number of esters is 1. The Labute approximate surface area is 180 Å². The number of hydrogen-bond donors (Lipinski definition) is 1. The van der Waals surface area contributed by atoms with E-state index >= 15 is 0 Å². The van der Waals surface area contributed by atoms with Crippen LogP contribution in [0.3, 0.4) is 0 Å². The predicted octanol–water partition coefficient (Wildman–Crippen LogP) is 5.64. The molecule has 1 aromatic heterocycles. The van der Waals surface area contributed by atoms with Crippen molar-refractivity contribution >= 4 is 28.5 Å². The van der Waals surface area contributed by atoms with Gasteiger partial charge in [-0.3, -0.25) is 4.79 Å². The number of pyridine rings is 1. The van der Waals surface area contributed by atoms with Gasteiger partial charge in [-0.25, -0.2) is 9.78 Å². The van der Waals surface area contributed by atoms with Crippen molar-refractivity contribution in [3.8, 4) is 11.3 Å². The maximum atomic E-state index is 13.2. The lowest BCUT2D eigenvalue weighted by atomic mass is 10.0. The van der Waals surface area contributed by atoms with Gasteiger partial charge in [0.25, 0.3) is 5.91 Å². The molecule has 154 valence electrons. The van der Waals surface area contributed by atoms with Gasteiger partial charge in [-0.05, 0) is 56.3 Å². The van der Waals surface area contributed by atoms with Crippen LogP contribution < -0.4 is 5.32 Å². The molecule has 1 amide bonds. The minimum absolute atomic E-state index is 0.237. The van der Waals surface area contributed by atoms with E-state index in [9.17, 15) is 9.59 Å². The van der Waals surface area contributed by atoms with E-state index in [2.05, 4.69) is 5.32 Å². The summed E-state index contributed by atoms with van der Waals surface area (Å²) in [5.74, 6) is -0.623. The van der Waals surface area contributed by atoms with Crippen LogP contribution in [-0.2, 0) is 4.74 Å². The number of nitrogens with zero attached hydrogens (tertiary/aromatic N) is 1. The molecule has 0 bridgehead atoms. The molecule has 0 radical (unpaired) electrons. The fourth-order valence-electron chi connectivity index (χ4n) is 3.39. The molecule has 0 unspecified atom stereocenters. The molecule has 4 aromatic rings. The molecule has 0 saturated carbocycles. The zero-order chi connectivity index (χ0) is 21.8. The molecule has 0 atom stereocenters. The van der Waals surface area contributed by atoms with Gasteiger partial charge in [0, 0.05) is 16.6 Å². The Morgan fingerprint density at radius 1 is 0.935 bits per heavy atom. The monoisotopic (exact) mass is 410 g/mol. The van der Waals surface area contributed by atoms with E-state index in [0.717, 1.165) is 27.7 Å². The van der Waals surface area contributed by atoms with Gasteiger partial charge in [0.15, 0.2) is 0 Å². The average Bonchev–Trinajstić information content (AvgIpc) is 2.79. The number of carbonyl (C=O) groups is 2. The first-order chi connectivity index (χ1) is 15.0. The molecule has 5 nitrogen and oxygen atoms in total. The standard InChI is InChI=1S/C26H22N2O3/c1-3-31-26(30)19-10-12-20(13-11-19)27-25(29)22-16-24(18-7-5-4-6-8-18)28-23-14-9-17(2)15-21(22)23/h4-16H,3H2,1-2H3,(H,27,29). The van der Waals surface area contributed by atoms with Crippen LogP contribution in [0.1, 0.15) is 33.2 Å². The van der Waals surface area contributed by atoms with Gasteiger partial charge >= 0.3 is 5.97 Å². The summed E-state index contributed by atoms with van der Waals surface area (Å²) in [5.41, 5.74) is 5.07. The van der Waals surface area contributed by atoms with Crippen molar-refractivity contribution in [1.82, 2.24) is 4.98 Å². The largest absolute Gasteiger partial charge is 0.462 e. The minimum atomic E-state index is -0.386. The number of ether oxygens (including phenoxy) is 1. The van der Waals surface area contributed by atoms with Crippen molar-refractivity contribution in [3.05, 3.63) is 95.6 Å². The highest BCUT2D eigenvalue weighted by Crippen LogP contribution is 2.26. The summed E-state index contributed by atoms with van der Waals surface area (Å²) in [6.45, 7) is 4.06. The second kappa shape index (κ2) is 8.79. The molecular formula is C26H22N2O3. The van der Waals surface area contributed by atoms with E-state index in [0.29, 0.717) is 23.4 Å². The van der Waals surface area contributed by atoms with E-state index in [1.807, 2.05) is 61.5 Å². The first-order valence-corrected chi connectivity index (χ1v) is 10.1. The van der Waals surface area contributed by atoms with Gasteiger partial charge in [0.2, 0.25) is 0 Å². The van der Waals surface area contributed by atoms with E-state index in [4.69, 9.17) is 9.72 Å². The van der Waals surface area contributed by atoms with Crippen molar-refractivity contribution in [2.75, 3.05) is 11.9 Å². The van der Waals surface area contributed by atoms with Gasteiger partial charge in [-0.2, -0.15) is 0 Å². The number of rotatable bonds is 5. The highest BCUT2D eigenvalue weighted by molar-refractivity contribution is 6.13. The molecule has 0 aliphatic carbocycles. The van der Waals surface area contributed by atoms with Crippen LogP contribution in [0.25, 0.3) is 22.2 Å². The molecule has 31 heavy (non-hydrogen) atoms. The Kier molecular flexibility index (Phi) is 5.76. The second-order valence-electron chi connectivity index (χ2n) is 7.19. The van der Waals surface area contributed by atoms with Gasteiger partial charge in [-0.15, -0.1) is 0 Å². The van der Waals surface area contributed by atoms with Gasteiger partial charge in [0.1, 0.15) is 0 Å². The average molecular weight is 410 g/mol. The van der Waals surface area contributed by atoms with E-state index in [-0.39, 0.29) is 11.9 Å². The number of hydrogen-bond acceptors (Lipinski definition) is 4. The summed E-state index contributed by atoms with van der Waals surface area (Å²) in [7, 11) is 0. The van der Waals surface area contributed by atoms with Crippen LogP contribution in [0.15, 0.2) is 78.9 Å². The Bertz CT molecular complexity index is 1250. The Hall–Kier alpha value is -3.99. The molecule has 0 aliphatic heterocycles. The topological polar surface area (TPSA) is 68.3 Å². The van der Waals surface area contributed by atoms with Crippen molar-refractivity contribution in [2.45, 2.75) is 13.8 Å². The fourth-order valence-corrected chi connectivity index (χ4v) is 3.39. The van der Waals surface area contributed by atoms with Gasteiger partial charge in [0.05, 0.1) is 28.9 Å². The number of fused-ring (bicyclic) bond motifs is 1. The number of carbonyl (C=O) groups excluding carboxylic acids is 2. The highest BCUT2D eigenvalue weighted by Gasteiger charge is 2.15. The predicted molar refractivity (Wildman–Crippen MR) is 122 cm³/mol. The smallest absolute Gasteiger partial charge is 0.338 e. The molecule has 5 heteroatoms. The summed E-state index contributed by atoms with van der Waals surface area (Å²) in [5, 5.41) is 3.72. The number of aryl methyl sites for hydroxylation is 1. The number of aromatic nitrogens is 1. The van der Waals surface area contributed by atoms with Crippen LogP contribution >= 0.6 is 0 Å². The van der Waals surface area contributed by atoms with Crippen LogP contribution in [0.2, 0.25) is 0 Å².